The van der Waals surface area contributed by atoms with Gasteiger partial charge >= 0.3 is 0 Å². The Balaban J connectivity index is 1.48. The number of hydrogen-bond acceptors (Lipinski definition) is 4. The Morgan fingerprint density at radius 2 is 1.61 bits per heavy atom. The lowest BCUT2D eigenvalue weighted by molar-refractivity contribution is -0.119. The fourth-order valence-electron chi connectivity index (χ4n) is 3.59. The van der Waals surface area contributed by atoms with E-state index in [1.807, 2.05) is 72.8 Å². The highest BCUT2D eigenvalue weighted by Gasteiger charge is 2.13. The number of rotatable bonds is 9. The molecule has 0 radical (unpaired) electrons. The van der Waals surface area contributed by atoms with Crippen molar-refractivity contribution in [1.29, 1.82) is 0 Å². The quantitative estimate of drug-likeness (QED) is 0.187. The largest absolute Gasteiger partial charge is 0.487 e. The van der Waals surface area contributed by atoms with Gasteiger partial charge in [0.2, 0.25) is 5.91 Å². The summed E-state index contributed by atoms with van der Waals surface area (Å²) in [5, 5.41) is 7.23. The molecular formula is C29H26ClN3O3. The van der Waals surface area contributed by atoms with Crippen LogP contribution in [-0.2, 0) is 16.2 Å². The average Bonchev–Trinajstić information content (AvgIpc) is 2.89. The highest BCUT2D eigenvalue weighted by Crippen LogP contribution is 2.23. The molecule has 0 aliphatic heterocycles. The molecule has 6 nitrogen and oxygen atoms in total. The lowest BCUT2D eigenvalue weighted by Gasteiger charge is -2.12. The smallest absolute Gasteiger partial charge is 0.251 e. The molecule has 0 bridgehead atoms. The number of pyridine rings is 1. The molecule has 36 heavy (non-hydrogen) atoms. The van der Waals surface area contributed by atoms with Crippen molar-refractivity contribution in [3.63, 3.8) is 0 Å². The van der Waals surface area contributed by atoms with Crippen LogP contribution >= 0.6 is 11.6 Å². The number of carbonyl (C=O) groups is 2. The van der Waals surface area contributed by atoms with Crippen LogP contribution in [0.25, 0.3) is 22.6 Å². The molecule has 0 saturated heterocycles. The predicted octanol–water partition coefficient (Wildman–Crippen LogP) is 5.26. The zero-order valence-electron chi connectivity index (χ0n) is 19.8. The summed E-state index contributed by atoms with van der Waals surface area (Å²) >= 11 is 6.01. The van der Waals surface area contributed by atoms with Crippen LogP contribution in [0.1, 0.15) is 23.7 Å². The van der Waals surface area contributed by atoms with E-state index in [1.165, 1.54) is 6.92 Å². The van der Waals surface area contributed by atoms with Gasteiger partial charge in [-0.3, -0.25) is 9.59 Å². The summed E-state index contributed by atoms with van der Waals surface area (Å²) in [6.45, 7) is 2.44. The summed E-state index contributed by atoms with van der Waals surface area (Å²) in [6.07, 6.45) is 1.80. The van der Waals surface area contributed by atoms with Gasteiger partial charge in [-0.15, -0.1) is 0 Å². The summed E-state index contributed by atoms with van der Waals surface area (Å²) < 4.78 is 5.93. The minimum atomic E-state index is -0.246. The van der Waals surface area contributed by atoms with Crippen molar-refractivity contribution in [2.24, 2.45) is 0 Å². The van der Waals surface area contributed by atoms with Crippen molar-refractivity contribution in [3.8, 4) is 5.75 Å². The summed E-state index contributed by atoms with van der Waals surface area (Å²) in [5.74, 6) is 0.283. The molecule has 4 rings (SSSR count). The van der Waals surface area contributed by atoms with E-state index in [0.29, 0.717) is 36.0 Å². The van der Waals surface area contributed by atoms with E-state index in [2.05, 4.69) is 15.6 Å². The Hall–Kier alpha value is -4.16. The van der Waals surface area contributed by atoms with Crippen molar-refractivity contribution in [2.75, 3.05) is 13.1 Å². The monoisotopic (exact) mass is 499 g/mol. The van der Waals surface area contributed by atoms with Gasteiger partial charge in [-0.1, -0.05) is 60.1 Å². The van der Waals surface area contributed by atoms with Gasteiger partial charge in [-0.05, 0) is 53.6 Å². The zero-order chi connectivity index (χ0) is 25.3. The van der Waals surface area contributed by atoms with Gasteiger partial charge in [0.05, 0.1) is 11.2 Å². The molecular weight excluding hydrogens is 474 g/mol. The molecule has 2 N–H and O–H groups in total. The first-order chi connectivity index (χ1) is 17.5. The molecule has 0 aliphatic rings. The fraction of sp³-hybridized carbons (Fsp3) is 0.138. The minimum Gasteiger partial charge on any atom is -0.487 e. The third-order valence-corrected chi connectivity index (χ3v) is 5.67. The number of fused-ring (bicyclic) bond motifs is 1. The number of ether oxygens (including phenoxy) is 1. The maximum Gasteiger partial charge on any atom is 0.251 e. The van der Waals surface area contributed by atoms with Crippen LogP contribution < -0.4 is 15.4 Å². The van der Waals surface area contributed by atoms with E-state index in [0.717, 1.165) is 27.7 Å². The molecule has 0 atom stereocenters. The molecule has 1 aromatic heterocycles. The van der Waals surface area contributed by atoms with E-state index >= 15 is 0 Å². The fourth-order valence-corrected chi connectivity index (χ4v) is 3.72. The van der Waals surface area contributed by atoms with Gasteiger partial charge in [-0.2, -0.15) is 0 Å². The van der Waals surface area contributed by atoms with Gasteiger partial charge in [0, 0.05) is 36.0 Å². The number of halogens is 1. The van der Waals surface area contributed by atoms with Crippen molar-refractivity contribution >= 4 is 46.0 Å². The molecule has 2 amide bonds. The normalized spacial score (nSPS) is 11.2. The van der Waals surface area contributed by atoms with Crippen molar-refractivity contribution < 1.29 is 14.3 Å². The van der Waals surface area contributed by atoms with Gasteiger partial charge in [0.1, 0.15) is 12.4 Å². The minimum absolute atomic E-state index is 0.143. The van der Waals surface area contributed by atoms with Crippen LogP contribution in [0.2, 0.25) is 5.02 Å². The Morgan fingerprint density at radius 3 is 2.36 bits per heavy atom. The lowest BCUT2D eigenvalue weighted by atomic mass is 10.0. The topological polar surface area (TPSA) is 80.3 Å². The van der Waals surface area contributed by atoms with Crippen molar-refractivity contribution in [3.05, 3.63) is 107 Å². The first-order valence-corrected chi connectivity index (χ1v) is 11.9. The summed E-state index contributed by atoms with van der Waals surface area (Å²) in [5.41, 5.74) is 3.82. The zero-order valence-corrected chi connectivity index (χ0v) is 20.6. The molecule has 3 aromatic carbocycles. The Bertz CT molecular complexity index is 1380. The Morgan fingerprint density at radius 1 is 0.889 bits per heavy atom. The van der Waals surface area contributed by atoms with Crippen molar-refractivity contribution in [1.82, 2.24) is 15.6 Å². The maximum absolute atomic E-state index is 13.0. The van der Waals surface area contributed by atoms with Crippen LogP contribution in [0, 0.1) is 0 Å². The number of nitrogens with zero attached hydrogens (tertiary/aromatic N) is 1. The second kappa shape index (κ2) is 12.0. The van der Waals surface area contributed by atoms with Crippen molar-refractivity contribution in [2.45, 2.75) is 13.5 Å². The number of nitrogens with one attached hydrogen (secondary N) is 2. The Labute approximate surface area is 215 Å². The van der Waals surface area contributed by atoms with Crippen LogP contribution in [0.4, 0.5) is 0 Å². The molecule has 7 heteroatoms. The van der Waals surface area contributed by atoms with Gasteiger partial charge < -0.3 is 15.4 Å². The summed E-state index contributed by atoms with van der Waals surface area (Å²) in [7, 11) is 0. The van der Waals surface area contributed by atoms with Gasteiger partial charge in [0.15, 0.2) is 0 Å². The van der Waals surface area contributed by atoms with E-state index < -0.39 is 0 Å². The number of amides is 2. The molecule has 0 spiro atoms. The molecule has 182 valence electrons. The van der Waals surface area contributed by atoms with E-state index in [-0.39, 0.29) is 11.8 Å². The molecule has 1 heterocycles. The predicted molar refractivity (Wildman–Crippen MR) is 144 cm³/mol. The highest BCUT2D eigenvalue weighted by molar-refractivity contribution is 6.30. The molecule has 0 unspecified atom stereocenters. The summed E-state index contributed by atoms with van der Waals surface area (Å²) in [4.78, 5) is 28.7. The number of hydrogen-bond donors (Lipinski definition) is 2. The van der Waals surface area contributed by atoms with Gasteiger partial charge in [0.25, 0.3) is 5.91 Å². The summed E-state index contributed by atoms with van der Waals surface area (Å²) in [6, 6.07) is 26.5. The molecule has 0 fully saturated rings. The van der Waals surface area contributed by atoms with E-state index in [4.69, 9.17) is 16.3 Å². The molecule has 4 aromatic rings. The van der Waals surface area contributed by atoms with E-state index in [1.54, 1.807) is 18.2 Å². The second-order valence-electron chi connectivity index (χ2n) is 8.16. The Kier molecular flexibility index (Phi) is 8.32. The maximum atomic E-state index is 13.0. The van der Waals surface area contributed by atoms with Crippen LogP contribution in [0.3, 0.4) is 0 Å². The first-order valence-electron chi connectivity index (χ1n) is 11.6. The average molecular weight is 500 g/mol. The van der Waals surface area contributed by atoms with E-state index in [9.17, 15) is 9.59 Å². The van der Waals surface area contributed by atoms with Crippen LogP contribution in [-0.4, -0.2) is 29.9 Å². The number of aromatic nitrogens is 1. The SMILES string of the molecule is CC(=O)NCCNC(=O)/C(=C/c1ccc(Cl)cc1)c1ccc(OCc2ccc3ccccc3n2)cc1. The number of carbonyl (C=O) groups excluding carboxylic acids is 2. The third kappa shape index (κ3) is 6.93. The lowest BCUT2D eigenvalue weighted by Crippen LogP contribution is -2.34. The second-order valence-corrected chi connectivity index (χ2v) is 8.59. The molecule has 0 saturated carbocycles. The molecule has 0 aliphatic carbocycles. The standard InChI is InChI=1S/C29H26ClN3O3/c1-20(34)31-16-17-32-29(35)27(18-21-6-11-24(30)12-7-21)22-9-14-26(15-10-22)36-19-25-13-8-23-4-2-3-5-28(23)33-25/h2-15,18H,16-17,19H2,1H3,(H,31,34)(H,32,35)/b27-18+. The van der Waals surface area contributed by atoms with Crippen LogP contribution in [0.5, 0.6) is 5.75 Å². The number of para-hydroxylation sites is 1. The highest BCUT2D eigenvalue weighted by atomic mass is 35.5. The van der Waals surface area contributed by atoms with Gasteiger partial charge in [-0.25, -0.2) is 4.98 Å². The van der Waals surface area contributed by atoms with Crippen LogP contribution in [0.15, 0.2) is 84.9 Å². The third-order valence-electron chi connectivity index (χ3n) is 5.42. The number of benzene rings is 3. The first kappa shape index (κ1) is 24.9.